The van der Waals surface area contributed by atoms with Crippen LogP contribution in [0.2, 0.25) is 0 Å². The Morgan fingerprint density at radius 3 is 2.63 bits per heavy atom. The van der Waals surface area contributed by atoms with Gasteiger partial charge in [-0.05, 0) is 25.3 Å². The molecule has 0 aromatic heterocycles. The zero-order valence-electron chi connectivity index (χ0n) is 10.2. The van der Waals surface area contributed by atoms with E-state index in [1.54, 1.807) is 6.07 Å². The van der Waals surface area contributed by atoms with Gasteiger partial charge in [0.2, 0.25) is 0 Å². The summed E-state index contributed by atoms with van der Waals surface area (Å²) in [5.74, 6) is -0.378. The van der Waals surface area contributed by atoms with E-state index in [1.807, 2.05) is 0 Å². The van der Waals surface area contributed by atoms with Gasteiger partial charge < -0.3 is 14.6 Å². The van der Waals surface area contributed by atoms with E-state index in [-0.39, 0.29) is 11.3 Å². The zero-order valence-corrected chi connectivity index (χ0v) is 10.2. The van der Waals surface area contributed by atoms with Crippen molar-refractivity contribution in [1.82, 2.24) is 0 Å². The smallest absolute Gasteiger partial charge is 0.405 e. The van der Waals surface area contributed by atoms with E-state index in [1.165, 1.54) is 18.2 Å². The van der Waals surface area contributed by atoms with Crippen LogP contribution in [0.4, 0.5) is 13.2 Å². The molecule has 3 nitrogen and oxygen atoms in total. The highest BCUT2D eigenvalue weighted by Gasteiger charge is 2.34. The number of halogens is 3. The molecule has 1 fully saturated rings. The van der Waals surface area contributed by atoms with Crippen molar-refractivity contribution in [1.29, 1.82) is 0 Å². The molecule has 106 valence electrons. The first-order valence-electron chi connectivity index (χ1n) is 6.12. The summed E-state index contributed by atoms with van der Waals surface area (Å²) < 4.78 is 46.2. The van der Waals surface area contributed by atoms with Gasteiger partial charge in [0.25, 0.3) is 0 Å². The maximum absolute atomic E-state index is 12.3. The molecule has 1 aromatic rings. The highest BCUT2D eigenvalue weighted by Crippen LogP contribution is 2.34. The number of para-hydroxylation sites is 1. The SMILES string of the molecule is OC(c1ccccc1OC(F)(F)F)C1CCCCO1. The lowest BCUT2D eigenvalue weighted by atomic mass is 9.97. The number of aliphatic hydroxyl groups is 1. The van der Waals surface area contributed by atoms with E-state index >= 15 is 0 Å². The van der Waals surface area contributed by atoms with Crippen LogP contribution in [0.5, 0.6) is 5.75 Å². The van der Waals surface area contributed by atoms with Crippen LogP contribution < -0.4 is 4.74 Å². The van der Waals surface area contributed by atoms with Crippen LogP contribution in [-0.2, 0) is 4.74 Å². The monoisotopic (exact) mass is 276 g/mol. The number of alkyl halides is 3. The summed E-state index contributed by atoms with van der Waals surface area (Å²) in [6, 6.07) is 5.60. The fourth-order valence-electron chi connectivity index (χ4n) is 2.16. The zero-order chi connectivity index (χ0) is 13.9. The minimum absolute atomic E-state index is 0.103. The van der Waals surface area contributed by atoms with Crippen LogP contribution in [0.15, 0.2) is 24.3 Å². The third-order valence-electron chi connectivity index (χ3n) is 3.03. The normalized spacial score (nSPS) is 22.0. The Morgan fingerprint density at radius 1 is 1.26 bits per heavy atom. The Morgan fingerprint density at radius 2 is 2.00 bits per heavy atom. The number of benzene rings is 1. The lowest BCUT2D eigenvalue weighted by Crippen LogP contribution is -2.27. The van der Waals surface area contributed by atoms with Gasteiger partial charge in [-0.1, -0.05) is 18.2 Å². The molecular weight excluding hydrogens is 261 g/mol. The first kappa shape index (κ1) is 14.1. The van der Waals surface area contributed by atoms with E-state index in [4.69, 9.17) is 4.74 Å². The van der Waals surface area contributed by atoms with E-state index in [0.29, 0.717) is 13.0 Å². The van der Waals surface area contributed by atoms with Crippen molar-refractivity contribution in [2.45, 2.75) is 37.8 Å². The molecule has 19 heavy (non-hydrogen) atoms. The fraction of sp³-hybridized carbons (Fsp3) is 0.538. The maximum Gasteiger partial charge on any atom is 0.573 e. The molecule has 2 atom stereocenters. The summed E-state index contributed by atoms with van der Waals surface area (Å²) >= 11 is 0. The van der Waals surface area contributed by atoms with Gasteiger partial charge in [-0.25, -0.2) is 0 Å². The molecule has 0 saturated carbocycles. The van der Waals surface area contributed by atoms with Gasteiger partial charge in [-0.3, -0.25) is 0 Å². The summed E-state index contributed by atoms with van der Waals surface area (Å²) in [5, 5.41) is 10.2. The average Bonchev–Trinajstić information content (AvgIpc) is 2.38. The number of hydrogen-bond donors (Lipinski definition) is 1. The first-order valence-corrected chi connectivity index (χ1v) is 6.12. The van der Waals surface area contributed by atoms with Gasteiger partial charge in [0.15, 0.2) is 0 Å². The molecular formula is C13H15F3O3. The molecule has 1 N–H and O–H groups in total. The van der Waals surface area contributed by atoms with Gasteiger partial charge in [-0.2, -0.15) is 0 Å². The summed E-state index contributed by atoms with van der Waals surface area (Å²) in [6.07, 6.45) is -3.94. The predicted molar refractivity (Wildman–Crippen MR) is 61.7 cm³/mol. The third-order valence-corrected chi connectivity index (χ3v) is 3.03. The molecule has 0 amide bonds. The molecule has 0 aliphatic carbocycles. The van der Waals surface area contributed by atoms with Gasteiger partial charge in [0, 0.05) is 12.2 Å². The third kappa shape index (κ3) is 3.84. The minimum Gasteiger partial charge on any atom is -0.405 e. The second-order valence-corrected chi connectivity index (χ2v) is 4.44. The molecule has 6 heteroatoms. The minimum atomic E-state index is -4.77. The molecule has 0 bridgehead atoms. The van der Waals surface area contributed by atoms with Crippen molar-refractivity contribution in [2.75, 3.05) is 6.61 Å². The van der Waals surface area contributed by atoms with Crippen LogP contribution in [0.25, 0.3) is 0 Å². The number of ether oxygens (including phenoxy) is 2. The summed E-state index contributed by atoms with van der Waals surface area (Å²) in [4.78, 5) is 0. The highest BCUT2D eigenvalue weighted by molar-refractivity contribution is 5.35. The van der Waals surface area contributed by atoms with Crippen molar-refractivity contribution in [2.24, 2.45) is 0 Å². The molecule has 1 aromatic carbocycles. The Bertz CT molecular complexity index is 414. The first-order chi connectivity index (χ1) is 8.97. The van der Waals surface area contributed by atoms with Gasteiger partial charge >= 0.3 is 6.36 Å². The van der Waals surface area contributed by atoms with Crippen LogP contribution in [-0.4, -0.2) is 24.2 Å². The quantitative estimate of drug-likeness (QED) is 0.921. The molecule has 1 saturated heterocycles. The van der Waals surface area contributed by atoms with Gasteiger partial charge in [-0.15, -0.1) is 13.2 Å². The lowest BCUT2D eigenvalue weighted by molar-refractivity contribution is -0.275. The van der Waals surface area contributed by atoms with Crippen LogP contribution in [0.1, 0.15) is 30.9 Å². The van der Waals surface area contributed by atoms with E-state index < -0.39 is 18.6 Å². The molecule has 1 aliphatic heterocycles. The Hall–Kier alpha value is -1.27. The molecule has 1 heterocycles. The number of aliphatic hydroxyl groups excluding tert-OH is 1. The molecule has 1 aliphatic rings. The predicted octanol–water partition coefficient (Wildman–Crippen LogP) is 3.19. The standard InChI is InChI=1S/C13H15F3O3/c14-13(15,16)19-10-6-2-1-5-9(10)12(17)11-7-3-4-8-18-11/h1-2,5-6,11-12,17H,3-4,7-8H2. The summed E-state index contributed by atoms with van der Waals surface area (Å²) in [6.45, 7) is 0.518. The largest absolute Gasteiger partial charge is 0.573 e. The molecule has 0 spiro atoms. The molecule has 2 rings (SSSR count). The second kappa shape index (κ2) is 5.79. The van der Waals surface area contributed by atoms with E-state index in [2.05, 4.69) is 4.74 Å². The van der Waals surface area contributed by atoms with Gasteiger partial charge in [0.05, 0.1) is 6.10 Å². The van der Waals surface area contributed by atoms with Crippen LogP contribution in [0.3, 0.4) is 0 Å². The summed E-state index contributed by atoms with van der Waals surface area (Å²) in [5.41, 5.74) is 0.103. The van der Waals surface area contributed by atoms with E-state index in [0.717, 1.165) is 12.8 Å². The topological polar surface area (TPSA) is 38.7 Å². The van der Waals surface area contributed by atoms with Crippen LogP contribution >= 0.6 is 0 Å². The highest BCUT2D eigenvalue weighted by atomic mass is 19.4. The Kier molecular flexibility index (Phi) is 4.31. The van der Waals surface area contributed by atoms with Crippen LogP contribution in [0, 0.1) is 0 Å². The number of hydrogen-bond acceptors (Lipinski definition) is 3. The summed E-state index contributed by atoms with van der Waals surface area (Å²) in [7, 11) is 0. The Balaban J connectivity index is 2.18. The Labute approximate surface area is 108 Å². The number of rotatable bonds is 3. The van der Waals surface area contributed by atoms with Gasteiger partial charge in [0.1, 0.15) is 11.9 Å². The van der Waals surface area contributed by atoms with E-state index in [9.17, 15) is 18.3 Å². The van der Waals surface area contributed by atoms with Crippen molar-refractivity contribution in [3.8, 4) is 5.75 Å². The average molecular weight is 276 g/mol. The van der Waals surface area contributed by atoms with Crippen molar-refractivity contribution < 1.29 is 27.8 Å². The maximum atomic E-state index is 12.3. The van der Waals surface area contributed by atoms with Crippen molar-refractivity contribution >= 4 is 0 Å². The second-order valence-electron chi connectivity index (χ2n) is 4.44. The fourth-order valence-corrected chi connectivity index (χ4v) is 2.16. The van der Waals surface area contributed by atoms with Crippen molar-refractivity contribution in [3.05, 3.63) is 29.8 Å². The lowest BCUT2D eigenvalue weighted by Gasteiger charge is -2.28. The molecule has 0 radical (unpaired) electrons. The van der Waals surface area contributed by atoms with Crippen molar-refractivity contribution in [3.63, 3.8) is 0 Å². The molecule has 2 unspecified atom stereocenters.